The van der Waals surface area contributed by atoms with Gasteiger partial charge in [-0.1, -0.05) is 0 Å². The van der Waals surface area contributed by atoms with Gasteiger partial charge >= 0.3 is 6.09 Å². The zero-order valence-electron chi connectivity index (χ0n) is 13.1. The van der Waals surface area contributed by atoms with E-state index in [1.807, 2.05) is 32.9 Å². The lowest BCUT2D eigenvalue weighted by molar-refractivity contribution is 0.0636. The predicted molar refractivity (Wildman–Crippen MR) is 96.5 cm³/mol. The fraction of sp³-hybridized carbons (Fsp3) is 0.533. The van der Waals surface area contributed by atoms with E-state index in [1.54, 1.807) is 0 Å². The highest BCUT2D eigenvalue weighted by Crippen LogP contribution is 2.32. The molecule has 22 heavy (non-hydrogen) atoms. The van der Waals surface area contributed by atoms with E-state index in [-0.39, 0.29) is 0 Å². The molecule has 0 atom stereocenters. The van der Waals surface area contributed by atoms with Crippen molar-refractivity contribution < 1.29 is 14.3 Å². The standard InChI is InChI=1S/C15H22IN3O3/c1-15(2,3)22-14(20)18-12-9-13(10(16)8-11(12)17)19-4-6-21-7-5-19/h8-9H,4-7,17H2,1-3H3,(H,18,20). The topological polar surface area (TPSA) is 76.8 Å². The molecule has 1 aliphatic rings. The van der Waals surface area contributed by atoms with Crippen LogP contribution in [0.15, 0.2) is 12.1 Å². The number of anilines is 3. The highest BCUT2D eigenvalue weighted by atomic mass is 127. The molecular weight excluding hydrogens is 397 g/mol. The minimum absolute atomic E-state index is 0.506. The van der Waals surface area contributed by atoms with Crippen LogP contribution in [0.25, 0.3) is 0 Å². The first kappa shape index (κ1) is 17.1. The van der Waals surface area contributed by atoms with E-state index in [1.165, 1.54) is 0 Å². The van der Waals surface area contributed by atoms with Gasteiger partial charge in [0.15, 0.2) is 0 Å². The summed E-state index contributed by atoms with van der Waals surface area (Å²) in [5.74, 6) is 0. The first-order chi connectivity index (χ1) is 10.3. The number of morpholine rings is 1. The van der Waals surface area contributed by atoms with E-state index >= 15 is 0 Å². The summed E-state index contributed by atoms with van der Waals surface area (Å²) in [7, 11) is 0. The Morgan fingerprint density at radius 1 is 1.36 bits per heavy atom. The van der Waals surface area contributed by atoms with E-state index in [0.29, 0.717) is 24.6 Å². The van der Waals surface area contributed by atoms with Gasteiger partial charge in [-0.3, -0.25) is 5.32 Å². The Morgan fingerprint density at radius 2 is 2.00 bits per heavy atom. The maximum atomic E-state index is 11.9. The molecule has 2 rings (SSSR count). The van der Waals surface area contributed by atoms with Crippen LogP contribution in [0.5, 0.6) is 0 Å². The van der Waals surface area contributed by atoms with E-state index in [4.69, 9.17) is 15.2 Å². The summed E-state index contributed by atoms with van der Waals surface area (Å²) in [5.41, 5.74) is 7.60. The number of nitrogens with two attached hydrogens (primary N) is 1. The summed E-state index contributed by atoms with van der Waals surface area (Å²) in [6.07, 6.45) is -0.506. The van der Waals surface area contributed by atoms with Gasteiger partial charge in [-0.2, -0.15) is 0 Å². The van der Waals surface area contributed by atoms with Gasteiger partial charge in [0.05, 0.1) is 30.3 Å². The lowest BCUT2D eigenvalue weighted by Gasteiger charge is -2.30. The molecule has 0 unspecified atom stereocenters. The Labute approximate surface area is 144 Å². The number of carbonyl (C=O) groups is 1. The van der Waals surface area contributed by atoms with E-state index in [9.17, 15) is 4.79 Å². The quantitative estimate of drug-likeness (QED) is 0.569. The third-order valence-electron chi connectivity index (χ3n) is 3.11. The Hall–Kier alpha value is -1.22. The molecule has 0 spiro atoms. The molecule has 1 aliphatic heterocycles. The molecule has 7 heteroatoms. The minimum atomic E-state index is -0.547. The van der Waals surface area contributed by atoms with Crippen molar-refractivity contribution >= 4 is 45.7 Å². The van der Waals surface area contributed by atoms with E-state index in [0.717, 1.165) is 22.3 Å². The molecule has 0 aromatic heterocycles. The van der Waals surface area contributed by atoms with Crippen molar-refractivity contribution in [1.29, 1.82) is 0 Å². The van der Waals surface area contributed by atoms with Crippen LogP contribution in [0.4, 0.5) is 21.9 Å². The van der Waals surface area contributed by atoms with Crippen LogP contribution in [0.1, 0.15) is 20.8 Å². The van der Waals surface area contributed by atoms with Crippen molar-refractivity contribution in [3.8, 4) is 0 Å². The highest BCUT2D eigenvalue weighted by molar-refractivity contribution is 14.1. The molecule has 0 radical (unpaired) electrons. The van der Waals surface area contributed by atoms with Crippen LogP contribution < -0.4 is 16.0 Å². The minimum Gasteiger partial charge on any atom is -0.444 e. The largest absolute Gasteiger partial charge is 0.444 e. The zero-order valence-corrected chi connectivity index (χ0v) is 15.3. The molecule has 0 aliphatic carbocycles. The van der Waals surface area contributed by atoms with E-state index < -0.39 is 11.7 Å². The lowest BCUT2D eigenvalue weighted by atomic mass is 10.2. The normalized spacial score (nSPS) is 15.5. The number of hydrogen-bond donors (Lipinski definition) is 2. The average molecular weight is 419 g/mol. The van der Waals surface area contributed by atoms with Crippen LogP contribution >= 0.6 is 22.6 Å². The molecule has 1 heterocycles. The number of carbonyl (C=O) groups excluding carboxylic acids is 1. The number of nitrogen functional groups attached to an aromatic ring is 1. The smallest absolute Gasteiger partial charge is 0.412 e. The number of halogens is 1. The summed E-state index contributed by atoms with van der Waals surface area (Å²) in [6.45, 7) is 8.53. The lowest BCUT2D eigenvalue weighted by Crippen LogP contribution is -2.36. The fourth-order valence-corrected chi connectivity index (χ4v) is 2.98. The van der Waals surface area contributed by atoms with Crippen LogP contribution in [0.2, 0.25) is 0 Å². The number of ether oxygens (including phenoxy) is 2. The zero-order chi connectivity index (χ0) is 16.3. The molecule has 1 saturated heterocycles. The van der Waals surface area contributed by atoms with Crippen LogP contribution in [-0.4, -0.2) is 38.0 Å². The van der Waals surface area contributed by atoms with Gasteiger partial charge in [-0.25, -0.2) is 4.79 Å². The number of benzene rings is 1. The number of hydrogen-bond acceptors (Lipinski definition) is 5. The second-order valence-corrected chi connectivity index (χ2v) is 7.28. The van der Waals surface area contributed by atoms with Crippen molar-refractivity contribution in [1.82, 2.24) is 0 Å². The fourth-order valence-electron chi connectivity index (χ4n) is 2.15. The van der Waals surface area contributed by atoms with E-state index in [2.05, 4.69) is 32.8 Å². The summed E-state index contributed by atoms with van der Waals surface area (Å²) in [4.78, 5) is 14.2. The van der Waals surface area contributed by atoms with Crippen LogP contribution in [-0.2, 0) is 9.47 Å². The molecule has 122 valence electrons. The molecule has 1 aromatic rings. The van der Waals surface area contributed by atoms with Gasteiger partial charge in [-0.15, -0.1) is 0 Å². The monoisotopic (exact) mass is 419 g/mol. The SMILES string of the molecule is CC(C)(C)OC(=O)Nc1cc(N2CCOCC2)c(I)cc1N. The van der Waals surface area contributed by atoms with Crippen molar-refractivity contribution in [3.63, 3.8) is 0 Å². The second-order valence-electron chi connectivity index (χ2n) is 6.12. The first-order valence-corrected chi connectivity index (χ1v) is 8.26. The van der Waals surface area contributed by atoms with Crippen molar-refractivity contribution in [2.45, 2.75) is 26.4 Å². The van der Waals surface area contributed by atoms with Gasteiger partial charge in [0.25, 0.3) is 0 Å². The third-order valence-corrected chi connectivity index (χ3v) is 3.97. The van der Waals surface area contributed by atoms with Gasteiger partial charge < -0.3 is 20.1 Å². The Balaban J connectivity index is 2.19. The molecule has 1 amide bonds. The summed E-state index contributed by atoms with van der Waals surface area (Å²) < 4.78 is 11.7. The maximum Gasteiger partial charge on any atom is 0.412 e. The number of nitrogens with zero attached hydrogens (tertiary/aromatic N) is 1. The Kier molecular flexibility index (Phi) is 5.38. The Bertz CT molecular complexity index is 552. The second kappa shape index (κ2) is 6.91. The average Bonchev–Trinajstić information content (AvgIpc) is 2.41. The Morgan fingerprint density at radius 3 is 2.59 bits per heavy atom. The van der Waals surface area contributed by atoms with Gasteiger partial charge in [0, 0.05) is 16.7 Å². The van der Waals surface area contributed by atoms with Crippen LogP contribution in [0.3, 0.4) is 0 Å². The third kappa shape index (κ3) is 4.64. The molecule has 3 N–H and O–H groups in total. The molecule has 6 nitrogen and oxygen atoms in total. The maximum absolute atomic E-state index is 11.9. The highest BCUT2D eigenvalue weighted by Gasteiger charge is 2.19. The van der Waals surface area contributed by atoms with Gasteiger partial charge in [-0.05, 0) is 55.5 Å². The predicted octanol–water partition coefficient (Wildman–Crippen LogP) is 3.06. The summed E-state index contributed by atoms with van der Waals surface area (Å²) >= 11 is 2.25. The molecule has 1 aromatic carbocycles. The molecule has 1 fully saturated rings. The molecular formula is C15H22IN3O3. The number of rotatable bonds is 2. The first-order valence-electron chi connectivity index (χ1n) is 7.18. The van der Waals surface area contributed by atoms with Gasteiger partial charge in [0.1, 0.15) is 5.60 Å². The van der Waals surface area contributed by atoms with Crippen molar-refractivity contribution in [2.24, 2.45) is 0 Å². The molecule has 0 saturated carbocycles. The summed E-state index contributed by atoms with van der Waals surface area (Å²) in [6, 6.07) is 3.75. The summed E-state index contributed by atoms with van der Waals surface area (Å²) in [5, 5.41) is 2.73. The van der Waals surface area contributed by atoms with Gasteiger partial charge in [0.2, 0.25) is 0 Å². The molecule has 0 bridgehead atoms. The number of nitrogens with one attached hydrogen (secondary N) is 1. The van der Waals surface area contributed by atoms with Crippen molar-refractivity contribution in [3.05, 3.63) is 15.7 Å². The van der Waals surface area contributed by atoms with Crippen LogP contribution in [0, 0.1) is 3.57 Å². The number of amides is 1. The van der Waals surface area contributed by atoms with Crippen molar-refractivity contribution in [2.75, 3.05) is 42.3 Å².